The second-order valence-electron chi connectivity index (χ2n) is 3.42. The lowest BCUT2D eigenvalue weighted by atomic mass is 10.3. The highest BCUT2D eigenvalue weighted by Crippen LogP contribution is 1.96. The number of amides is 2. The van der Waals surface area contributed by atoms with E-state index < -0.39 is 5.97 Å². The van der Waals surface area contributed by atoms with Crippen LogP contribution in [0.4, 0.5) is 4.79 Å². The summed E-state index contributed by atoms with van der Waals surface area (Å²) in [6, 6.07) is 3.19. The summed E-state index contributed by atoms with van der Waals surface area (Å²) in [4.78, 5) is 27.2. The smallest absolute Gasteiger partial charge is 0.323 e. The highest BCUT2D eigenvalue weighted by Gasteiger charge is 2.13. The van der Waals surface area contributed by atoms with Crippen molar-refractivity contribution < 1.29 is 14.7 Å². The third-order valence-electron chi connectivity index (χ3n) is 2.19. The first-order valence-electron chi connectivity index (χ1n) is 5.27. The molecule has 6 heteroatoms. The number of carboxylic acids is 1. The Morgan fingerprint density at radius 1 is 1.41 bits per heavy atom. The van der Waals surface area contributed by atoms with E-state index in [0.717, 1.165) is 5.56 Å². The lowest BCUT2D eigenvalue weighted by Gasteiger charge is -2.19. The Morgan fingerprint density at radius 3 is 2.59 bits per heavy atom. The van der Waals surface area contributed by atoms with Crippen molar-refractivity contribution in [2.45, 2.75) is 13.5 Å². The number of hydrogen-bond donors (Lipinski definition) is 2. The lowest BCUT2D eigenvalue weighted by molar-refractivity contribution is -0.137. The van der Waals surface area contributed by atoms with E-state index in [-0.39, 0.29) is 12.6 Å². The number of aliphatic carboxylic acids is 1. The Morgan fingerprint density at radius 2 is 2.06 bits per heavy atom. The van der Waals surface area contributed by atoms with Crippen LogP contribution in [-0.4, -0.2) is 40.1 Å². The molecule has 0 bridgehead atoms. The number of urea groups is 1. The largest absolute Gasteiger partial charge is 0.480 e. The van der Waals surface area contributed by atoms with E-state index in [4.69, 9.17) is 5.11 Å². The number of carbonyl (C=O) groups is 2. The summed E-state index contributed by atoms with van der Waals surface area (Å²) in [6.45, 7) is 2.15. The van der Waals surface area contributed by atoms with E-state index in [0.29, 0.717) is 13.1 Å². The molecule has 1 aromatic rings. The highest BCUT2D eigenvalue weighted by molar-refractivity contribution is 5.79. The molecule has 0 fully saturated rings. The molecular weight excluding hydrogens is 222 g/mol. The summed E-state index contributed by atoms with van der Waals surface area (Å²) in [5.41, 5.74) is 0.916. The van der Waals surface area contributed by atoms with Crippen LogP contribution in [0.2, 0.25) is 0 Å². The van der Waals surface area contributed by atoms with Crippen LogP contribution in [0.15, 0.2) is 24.5 Å². The molecule has 1 rings (SSSR count). The zero-order chi connectivity index (χ0) is 12.7. The Balaban J connectivity index is 2.45. The molecule has 0 spiro atoms. The van der Waals surface area contributed by atoms with Gasteiger partial charge >= 0.3 is 12.0 Å². The number of rotatable bonds is 5. The third-order valence-corrected chi connectivity index (χ3v) is 2.19. The molecule has 6 nitrogen and oxygen atoms in total. The van der Waals surface area contributed by atoms with Crippen molar-refractivity contribution in [3.63, 3.8) is 0 Å². The van der Waals surface area contributed by atoms with Crippen LogP contribution in [0.1, 0.15) is 12.5 Å². The average molecular weight is 237 g/mol. The second-order valence-corrected chi connectivity index (χ2v) is 3.42. The van der Waals surface area contributed by atoms with E-state index in [1.807, 2.05) is 0 Å². The molecule has 0 saturated carbocycles. The van der Waals surface area contributed by atoms with Gasteiger partial charge in [0, 0.05) is 25.5 Å². The van der Waals surface area contributed by atoms with Crippen LogP contribution in [0.5, 0.6) is 0 Å². The fourth-order valence-electron chi connectivity index (χ4n) is 1.28. The number of carboxylic acid groups (broad SMARTS) is 1. The summed E-state index contributed by atoms with van der Waals surface area (Å²) in [6.07, 6.45) is 3.27. The number of carbonyl (C=O) groups excluding carboxylic acids is 1. The SMILES string of the molecule is CCN(CC(=O)O)C(=O)NCc1ccncc1. The van der Waals surface area contributed by atoms with Crippen molar-refractivity contribution in [3.8, 4) is 0 Å². The predicted octanol–water partition coefficient (Wildman–Crippen LogP) is 0.698. The first kappa shape index (κ1) is 13.0. The Hall–Kier alpha value is -2.11. The van der Waals surface area contributed by atoms with Crippen LogP contribution in [-0.2, 0) is 11.3 Å². The van der Waals surface area contributed by atoms with Gasteiger partial charge in [-0.15, -0.1) is 0 Å². The maximum atomic E-state index is 11.6. The number of pyridine rings is 1. The Bertz CT molecular complexity index is 381. The minimum Gasteiger partial charge on any atom is -0.480 e. The third kappa shape index (κ3) is 4.50. The molecule has 2 amide bonds. The number of aromatic nitrogens is 1. The molecule has 0 unspecified atom stereocenters. The zero-order valence-corrected chi connectivity index (χ0v) is 9.59. The maximum Gasteiger partial charge on any atom is 0.323 e. The van der Waals surface area contributed by atoms with Crippen LogP contribution in [0.3, 0.4) is 0 Å². The van der Waals surface area contributed by atoms with Gasteiger partial charge in [-0.05, 0) is 24.6 Å². The molecule has 2 N–H and O–H groups in total. The topological polar surface area (TPSA) is 82.5 Å². The summed E-state index contributed by atoms with van der Waals surface area (Å²) >= 11 is 0. The molecule has 92 valence electrons. The van der Waals surface area contributed by atoms with E-state index in [9.17, 15) is 9.59 Å². The maximum absolute atomic E-state index is 11.6. The van der Waals surface area contributed by atoms with Gasteiger partial charge in [-0.1, -0.05) is 0 Å². The summed E-state index contributed by atoms with van der Waals surface area (Å²) in [5.74, 6) is -1.02. The molecule has 0 aromatic carbocycles. The normalized spacial score (nSPS) is 9.71. The molecule has 0 saturated heterocycles. The number of nitrogens with one attached hydrogen (secondary N) is 1. The summed E-state index contributed by atoms with van der Waals surface area (Å²) in [5, 5.41) is 11.3. The van der Waals surface area contributed by atoms with Crippen LogP contribution >= 0.6 is 0 Å². The first-order valence-corrected chi connectivity index (χ1v) is 5.27. The van der Waals surface area contributed by atoms with Gasteiger partial charge in [-0.2, -0.15) is 0 Å². The van der Waals surface area contributed by atoms with Gasteiger partial charge in [-0.3, -0.25) is 9.78 Å². The van der Waals surface area contributed by atoms with Gasteiger partial charge < -0.3 is 15.3 Å². The predicted molar refractivity (Wildman–Crippen MR) is 61.4 cm³/mol. The Kier molecular flexibility index (Phi) is 4.93. The fraction of sp³-hybridized carbons (Fsp3) is 0.364. The van der Waals surface area contributed by atoms with E-state index in [1.54, 1.807) is 31.5 Å². The van der Waals surface area contributed by atoms with Gasteiger partial charge in [0.15, 0.2) is 0 Å². The van der Waals surface area contributed by atoms with Crippen molar-refractivity contribution in [2.24, 2.45) is 0 Å². The number of likely N-dealkylation sites (N-methyl/N-ethyl adjacent to an activating group) is 1. The molecule has 1 heterocycles. The van der Waals surface area contributed by atoms with Crippen molar-refractivity contribution in [2.75, 3.05) is 13.1 Å². The first-order chi connectivity index (χ1) is 8.13. The monoisotopic (exact) mass is 237 g/mol. The van der Waals surface area contributed by atoms with Crippen LogP contribution in [0, 0.1) is 0 Å². The van der Waals surface area contributed by atoms with E-state index in [1.165, 1.54) is 4.90 Å². The molecule has 1 aromatic heterocycles. The van der Waals surface area contributed by atoms with Gasteiger partial charge in [-0.25, -0.2) is 4.79 Å². The van der Waals surface area contributed by atoms with Crippen LogP contribution in [0.25, 0.3) is 0 Å². The summed E-state index contributed by atoms with van der Waals surface area (Å²) < 4.78 is 0. The number of nitrogens with zero attached hydrogens (tertiary/aromatic N) is 2. The molecular formula is C11H15N3O3. The van der Waals surface area contributed by atoms with Gasteiger partial charge in [0.1, 0.15) is 6.54 Å². The highest BCUT2D eigenvalue weighted by atomic mass is 16.4. The molecule has 0 atom stereocenters. The van der Waals surface area contributed by atoms with Crippen LogP contribution < -0.4 is 5.32 Å². The zero-order valence-electron chi connectivity index (χ0n) is 9.59. The molecule has 0 aliphatic carbocycles. The van der Waals surface area contributed by atoms with Gasteiger partial charge in [0.25, 0.3) is 0 Å². The molecule has 0 radical (unpaired) electrons. The van der Waals surface area contributed by atoms with Crippen molar-refractivity contribution >= 4 is 12.0 Å². The Labute approximate surface area is 99.3 Å². The standard InChI is InChI=1S/C11H15N3O3/c1-2-14(8-10(15)16)11(17)13-7-9-3-5-12-6-4-9/h3-6H,2,7-8H2,1H3,(H,13,17)(H,15,16). The average Bonchev–Trinajstić information content (AvgIpc) is 2.34. The van der Waals surface area contributed by atoms with Crippen molar-refractivity contribution in [1.29, 1.82) is 0 Å². The molecule has 0 aliphatic heterocycles. The lowest BCUT2D eigenvalue weighted by Crippen LogP contribution is -2.42. The van der Waals surface area contributed by atoms with E-state index in [2.05, 4.69) is 10.3 Å². The van der Waals surface area contributed by atoms with Crippen molar-refractivity contribution in [3.05, 3.63) is 30.1 Å². The van der Waals surface area contributed by atoms with Crippen molar-refractivity contribution in [1.82, 2.24) is 15.2 Å². The number of hydrogen-bond acceptors (Lipinski definition) is 3. The minimum absolute atomic E-state index is 0.293. The quantitative estimate of drug-likeness (QED) is 0.789. The fourth-order valence-corrected chi connectivity index (χ4v) is 1.28. The van der Waals surface area contributed by atoms with Gasteiger partial charge in [0.2, 0.25) is 0 Å². The molecule has 17 heavy (non-hydrogen) atoms. The summed E-state index contributed by atoms with van der Waals surface area (Å²) in [7, 11) is 0. The second kappa shape index (κ2) is 6.47. The van der Waals surface area contributed by atoms with E-state index >= 15 is 0 Å². The minimum atomic E-state index is -1.02. The van der Waals surface area contributed by atoms with Gasteiger partial charge in [0.05, 0.1) is 0 Å². The molecule has 0 aliphatic rings.